The molecule has 0 aromatic carbocycles. The van der Waals surface area contributed by atoms with E-state index in [0.717, 1.165) is 38.8 Å². The van der Waals surface area contributed by atoms with Crippen LogP contribution in [0.5, 0.6) is 0 Å². The van der Waals surface area contributed by atoms with Crippen LogP contribution in [0, 0.1) is 23.7 Å². The van der Waals surface area contributed by atoms with Crippen LogP contribution < -0.4 is 101 Å². The van der Waals surface area contributed by atoms with E-state index < -0.39 is 168 Å². The van der Waals surface area contributed by atoms with Crippen LogP contribution in [-0.2, 0) is 93.8 Å². The second-order valence-corrected chi connectivity index (χ2v) is 24.5. The van der Waals surface area contributed by atoms with Gasteiger partial charge in [0.1, 0.15) is 72.5 Å². The molecule has 51 heteroatoms. The number of amides is 2. The van der Waals surface area contributed by atoms with E-state index in [4.69, 9.17) is 142 Å². The van der Waals surface area contributed by atoms with Crippen molar-refractivity contribution in [1.29, 1.82) is 0 Å². The van der Waals surface area contributed by atoms with Crippen LogP contribution in [0.2, 0.25) is 0 Å². The number of hydrogen-bond donors (Lipinski definition) is 32. The van der Waals surface area contributed by atoms with Gasteiger partial charge in [-0.3, -0.25) is 67.1 Å². The fraction of sp³-hybridized carbons (Fsp3) is 0.724. The van der Waals surface area contributed by atoms with E-state index in [2.05, 4.69) is 61.1 Å². The first-order valence-electron chi connectivity index (χ1n) is 31.6. The molecule has 14 atom stereocenters. The molecule has 0 spiro atoms. The maximum absolute atomic E-state index is 10.1. The molecule has 0 unspecified atom stereocenters. The molecule has 2 aliphatic rings. The second-order valence-electron chi connectivity index (χ2n) is 23.0. The third-order valence-electron chi connectivity index (χ3n) is 11.6. The van der Waals surface area contributed by atoms with E-state index in [1.54, 1.807) is 55.4 Å². The van der Waals surface area contributed by atoms with Gasteiger partial charge < -0.3 is 172 Å². The average Bonchev–Trinajstić information content (AvgIpc) is 1.94. The average molecular weight is 1720 g/mol. The monoisotopic (exact) mass is 1710 g/mol. The first kappa shape index (κ1) is 131. The summed E-state index contributed by atoms with van der Waals surface area (Å²) in [4.78, 5) is 159. The SMILES string of the molecule is CC(C)[C@H](N)C(=O)O.CC(C)[C@H](N)C(=O)O.CC(C)[C@H](N)C(=O)O.CC(C)[C@H](N)C(=O)O.C[C@H](N)C(=O)O.C[C@H](N)C(=O)O.NC(=O)CC[C@H](N)C(=O)O.NC(=O)CC[C@H](N)C(=O)O.N[C@@H](CS)C(=O)O.N[C@@H](CS)C(=O)O.N[C@@H](CS)C(=O)[O-].N[C@@H](CS)C(=O)[O-].O=C(O)[C@@H]1CCCN1.O=C(O)[C@@H]1CCCN1.[Cu+2]. The van der Waals surface area contributed by atoms with Crippen molar-refractivity contribution in [3.8, 4) is 0 Å². The van der Waals surface area contributed by atoms with Crippen molar-refractivity contribution in [2.45, 2.75) is 205 Å². The van der Waals surface area contributed by atoms with Crippen molar-refractivity contribution in [2.24, 2.45) is 104 Å². The predicted molar refractivity (Wildman–Crippen MR) is 402 cm³/mol. The van der Waals surface area contributed by atoms with Gasteiger partial charge in [0, 0.05) is 35.9 Å². The minimum Gasteiger partial charge on any atom is -0.548 e. The molecule has 0 aromatic heterocycles. The minimum absolute atomic E-state index is 0. The zero-order chi connectivity index (χ0) is 88.9. The van der Waals surface area contributed by atoms with Gasteiger partial charge in [-0.05, 0) is 89.1 Å². The number of nitrogens with two attached hydrogens (primary N) is 14. The number of carbonyl (C=O) groups excluding carboxylic acids is 4. The minimum atomic E-state index is -1.25. The molecule has 0 aliphatic carbocycles. The van der Waals surface area contributed by atoms with Crippen LogP contribution in [0.15, 0.2) is 0 Å². The summed E-state index contributed by atoms with van der Waals surface area (Å²) in [6, 6.07) is -10.3. The largest absolute Gasteiger partial charge is 2.00 e. The predicted octanol–water partition coefficient (Wildman–Crippen LogP) is -9.33. The number of primary amides is 2. The smallest absolute Gasteiger partial charge is 0.548 e. The Morgan fingerprint density at radius 1 is 0.330 bits per heavy atom. The molecule has 109 heavy (non-hydrogen) atoms. The van der Waals surface area contributed by atoms with E-state index in [1.807, 2.05) is 0 Å². The molecule has 2 aliphatic heterocycles. The number of thiol groups is 4. The Morgan fingerprint density at radius 3 is 0.550 bits per heavy atom. The zero-order valence-electron chi connectivity index (χ0n) is 62.2. The number of carbonyl (C=O) groups is 16. The van der Waals surface area contributed by atoms with Crippen molar-refractivity contribution < 1.29 is 165 Å². The summed E-state index contributed by atoms with van der Waals surface area (Å²) >= 11 is 14.5. The Bertz CT molecular complexity index is 2250. The van der Waals surface area contributed by atoms with Gasteiger partial charge in [0.05, 0.1) is 24.0 Å². The summed E-state index contributed by atoms with van der Waals surface area (Å²) in [5, 5.41) is 123. The molecule has 649 valence electrons. The number of hydrogen-bond acceptors (Lipinski definition) is 36. The number of aliphatic carboxylic acids is 14. The molecule has 42 N–H and O–H groups in total. The molecule has 0 aromatic rings. The molecule has 2 amide bonds. The van der Waals surface area contributed by atoms with Gasteiger partial charge >= 0.3 is 88.7 Å². The van der Waals surface area contributed by atoms with Crippen LogP contribution in [0.25, 0.3) is 0 Å². The van der Waals surface area contributed by atoms with E-state index in [0.29, 0.717) is 0 Å². The number of carboxylic acids is 14. The third-order valence-corrected chi connectivity index (χ3v) is 13.1. The molecule has 0 saturated carbocycles. The molecule has 0 bridgehead atoms. The molecule has 2 saturated heterocycles. The Morgan fingerprint density at radius 2 is 0.505 bits per heavy atom. The van der Waals surface area contributed by atoms with Crippen molar-refractivity contribution in [2.75, 3.05) is 36.1 Å². The second kappa shape index (κ2) is 81.9. The van der Waals surface area contributed by atoms with Gasteiger partial charge in [0.25, 0.3) is 0 Å². The summed E-state index contributed by atoms with van der Waals surface area (Å²) in [7, 11) is 0. The Balaban J connectivity index is -0.0000000829. The fourth-order valence-electron chi connectivity index (χ4n) is 4.08. The van der Waals surface area contributed by atoms with Crippen molar-refractivity contribution in [3.63, 3.8) is 0 Å². The van der Waals surface area contributed by atoms with E-state index in [9.17, 15) is 86.9 Å². The fourth-order valence-corrected chi connectivity index (χ4v) is 4.69. The zero-order valence-corrected chi connectivity index (χ0v) is 66.7. The van der Waals surface area contributed by atoms with Crippen LogP contribution in [0.4, 0.5) is 0 Å². The Kier molecular flexibility index (Phi) is 98.6. The van der Waals surface area contributed by atoms with E-state index in [1.165, 1.54) is 13.8 Å². The van der Waals surface area contributed by atoms with E-state index >= 15 is 0 Å². The summed E-state index contributed by atoms with van der Waals surface area (Å²) in [5.74, 6) is -14.2. The van der Waals surface area contributed by atoms with Crippen LogP contribution >= 0.6 is 50.5 Å². The van der Waals surface area contributed by atoms with Gasteiger partial charge in [0.15, 0.2) is 0 Å². The summed E-state index contributed by atoms with van der Waals surface area (Å²) in [5.41, 5.74) is 69.6. The normalized spacial score (nSPS) is 15.5. The maximum atomic E-state index is 10.1. The van der Waals surface area contributed by atoms with E-state index in [-0.39, 0.29) is 102 Å². The van der Waals surface area contributed by atoms with Gasteiger partial charge in [-0.2, -0.15) is 50.5 Å². The number of nitrogens with one attached hydrogen (secondary N) is 2. The molecule has 2 fully saturated rings. The summed E-state index contributed by atoms with van der Waals surface area (Å²) in [6.45, 7) is 18.8. The third kappa shape index (κ3) is 105. The van der Waals surface area contributed by atoms with Gasteiger partial charge in [-0.1, -0.05) is 55.4 Å². The first-order valence-corrected chi connectivity index (χ1v) is 34.1. The Labute approximate surface area is 663 Å². The standard InChI is InChI=1S/2C5H10N2O3.2C5H9NO2.4C5H11NO2.4C3H7NO2S.2C3H7NO2.Cu/c2*6-3(5(9)10)1-2-4(7)8;2*7-5(8)4-2-1-3-6-4;4*1-3(2)4(6)5(7)8;4*4-2(1-7)3(5)6;2*1-2(4)3(5)6;/h2*3H,1-2,6H2,(H2,7,8)(H,9,10);2*4,6H,1-3H2,(H,7,8);4*3-4H,6H2,1-2H3,(H,7,8);4*2,7H,1,4H2,(H,5,6);2*2H,4H2,1H3,(H,5,6);/q;;;;;;;;;;;;;;+2/p-2/t2*3-;6*4-;6*2-;/m00000000000000./s1. The molecule has 1 radical (unpaired) electrons. The van der Waals surface area contributed by atoms with Crippen LogP contribution in [0.3, 0.4) is 0 Å². The maximum Gasteiger partial charge on any atom is 2.00 e. The molecule has 2 rings (SSSR count). The summed E-state index contributed by atoms with van der Waals surface area (Å²) in [6.07, 6.45) is 3.81. The van der Waals surface area contributed by atoms with Crippen LogP contribution in [-0.4, -0.2) is 277 Å². The first-order chi connectivity index (χ1) is 48.9. The van der Waals surface area contributed by atoms with Gasteiger partial charge in [0.2, 0.25) is 11.8 Å². The molecule has 46 nitrogen and oxygen atoms in total. The topological polar surface area (TPSA) is 950 Å². The van der Waals surface area contributed by atoms with Crippen molar-refractivity contribution in [1.82, 2.24) is 10.6 Å². The molecular weight excluding hydrogens is 1590 g/mol. The Hall–Kier alpha value is -7.12. The molecular formula is C58H122CuN16O30S4. The van der Waals surface area contributed by atoms with Gasteiger partial charge in [-0.25, -0.2) is 0 Å². The number of rotatable bonds is 28. The van der Waals surface area contributed by atoms with Crippen LogP contribution in [0.1, 0.15) is 121 Å². The number of carboxylic acid groups (broad SMARTS) is 14. The molecule has 2 heterocycles. The summed E-state index contributed by atoms with van der Waals surface area (Å²) < 4.78 is 0. The van der Waals surface area contributed by atoms with Crippen molar-refractivity contribution in [3.05, 3.63) is 0 Å². The van der Waals surface area contributed by atoms with Crippen molar-refractivity contribution >= 4 is 146 Å². The quantitative estimate of drug-likeness (QED) is 0.0255. The van der Waals surface area contributed by atoms with Gasteiger partial charge in [-0.15, -0.1) is 0 Å².